The molecule has 2 aromatic carbocycles. The van der Waals surface area contributed by atoms with Crippen molar-refractivity contribution in [1.82, 2.24) is 0 Å². The average Bonchev–Trinajstić information content (AvgIpc) is 2.78. The van der Waals surface area contributed by atoms with E-state index in [1.165, 1.54) is 6.07 Å². The van der Waals surface area contributed by atoms with E-state index >= 15 is 0 Å². The van der Waals surface area contributed by atoms with Crippen LogP contribution in [-0.2, 0) is 22.6 Å². The first-order valence-electron chi connectivity index (χ1n) is 8.04. The zero-order chi connectivity index (χ0) is 18.7. The fraction of sp³-hybridized carbons (Fsp3) is 0.250. The van der Waals surface area contributed by atoms with Gasteiger partial charge in [-0.1, -0.05) is 30.3 Å². The number of carbonyl (C=O) groups is 2. The van der Waals surface area contributed by atoms with Gasteiger partial charge < -0.3 is 9.47 Å². The van der Waals surface area contributed by atoms with Crippen molar-refractivity contribution >= 4 is 11.8 Å². The van der Waals surface area contributed by atoms with Gasteiger partial charge in [0.25, 0.3) is 0 Å². The number of ether oxygens (including phenoxy) is 2. The van der Waals surface area contributed by atoms with Gasteiger partial charge in [0.15, 0.2) is 5.78 Å². The Balaban J connectivity index is 1.79. The molecule has 0 spiro atoms. The maximum Gasteiger partial charge on any atom is 0.310 e. The van der Waals surface area contributed by atoms with E-state index < -0.39 is 18.2 Å². The molecule has 2 aromatic rings. The van der Waals surface area contributed by atoms with Crippen molar-refractivity contribution in [3.05, 3.63) is 64.7 Å². The third-order valence-electron chi connectivity index (χ3n) is 4.02. The quantitative estimate of drug-likeness (QED) is 0.789. The molecule has 0 aromatic heterocycles. The summed E-state index contributed by atoms with van der Waals surface area (Å²) >= 11 is 0. The number of nitrogens with zero attached hydrogens (tertiary/aromatic N) is 1. The topological polar surface area (TPSA) is 76.4 Å². The van der Waals surface area contributed by atoms with Gasteiger partial charge in [-0.3, -0.25) is 9.59 Å². The van der Waals surface area contributed by atoms with Gasteiger partial charge in [0.05, 0.1) is 12.0 Å². The maximum atomic E-state index is 13.5. The van der Waals surface area contributed by atoms with Gasteiger partial charge in [-0.15, -0.1) is 0 Å². The van der Waals surface area contributed by atoms with Gasteiger partial charge in [-0.2, -0.15) is 5.26 Å². The molecule has 0 bridgehead atoms. The highest BCUT2D eigenvalue weighted by Crippen LogP contribution is 2.29. The van der Waals surface area contributed by atoms with Crippen LogP contribution < -0.4 is 4.74 Å². The highest BCUT2D eigenvalue weighted by Gasteiger charge is 2.25. The van der Waals surface area contributed by atoms with Crippen molar-refractivity contribution in [2.45, 2.75) is 25.6 Å². The van der Waals surface area contributed by atoms with E-state index in [0.717, 1.165) is 12.5 Å². The lowest BCUT2D eigenvalue weighted by Crippen LogP contribution is -2.25. The summed E-state index contributed by atoms with van der Waals surface area (Å²) in [5.74, 6) is -0.403. The lowest BCUT2D eigenvalue weighted by molar-refractivity contribution is -0.145. The van der Waals surface area contributed by atoms with E-state index in [9.17, 15) is 14.0 Å². The molecular weight excluding hydrogens is 337 g/mol. The van der Waals surface area contributed by atoms with Crippen molar-refractivity contribution in [2.24, 2.45) is 0 Å². The fourth-order valence-electron chi connectivity index (χ4n) is 2.62. The summed E-state index contributed by atoms with van der Waals surface area (Å²) in [5, 5.41) is 8.60. The molecule has 0 unspecified atom stereocenters. The van der Waals surface area contributed by atoms with Crippen LogP contribution in [0.3, 0.4) is 0 Å². The van der Waals surface area contributed by atoms with Gasteiger partial charge in [-0.25, -0.2) is 4.39 Å². The van der Waals surface area contributed by atoms with Crippen LogP contribution in [0.2, 0.25) is 0 Å². The van der Waals surface area contributed by atoms with E-state index in [2.05, 4.69) is 0 Å². The van der Waals surface area contributed by atoms with Gasteiger partial charge in [0.2, 0.25) is 5.67 Å². The Labute approximate surface area is 150 Å². The van der Waals surface area contributed by atoms with Crippen LogP contribution in [0.5, 0.6) is 5.75 Å². The van der Waals surface area contributed by atoms with E-state index in [-0.39, 0.29) is 12.2 Å². The van der Waals surface area contributed by atoms with Crippen molar-refractivity contribution in [3.63, 3.8) is 0 Å². The number of alkyl halides is 1. The van der Waals surface area contributed by atoms with Gasteiger partial charge in [0.1, 0.15) is 25.0 Å². The molecule has 0 fully saturated rings. The fourth-order valence-corrected chi connectivity index (χ4v) is 2.62. The SMILES string of the molecule is C[C@](F)(C#N)COC(=O)Cc1ccc2c(c1)C(=O)c1ccccc1CO2. The molecule has 3 rings (SSSR count). The highest BCUT2D eigenvalue weighted by molar-refractivity contribution is 6.12. The van der Waals surface area contributed by atoms with Gasteiger partial charge >= 0.3 is 5.97 Å². The van der Waals surface area contributed by atoms with Crippen molar-refractivity contribution in [1.29, 1.82) is 5.26 Å². The summed E-state index contributed by atoms with van der Waals surface area (Å²) in [7, 11) is 0. The zero-order valence-electron chi connectivity index (χ0n) is 14.1. The Bertz CT molecular complexity index is 914. The Hall–Kier alpha value is -3.20. The van der Waals surface area contributed by atoms with Crippen LogP contribution in [0.15, 0.2) is 42.5 Å². The number of nitriles is 1. The largest absolute Gasteiger partial charge is 0.488 e. The number of carbonyl (C=O) groups excluding carboxylic acids is 2. The summed E-state index contributed by atoms with van der Waals surface area (Å²) in [6, 6.07) is 13.5. The zero-order valence-corrected chi connectivity index (χ0v) is 14.1. The first-order chi connectivity index (χ1) is 12.4. The van der Waals surface area contributed by atoms with Crippen LogP contribution in [-0.4, -0.2) is 24.0 Å². The molecule has 132 valence electrons. The number of hydrogen-bond donors (Lipinski definition) is 0. The van der Waals surface area contributed by atoms with Crippen LogP contribution in [0.1, 0.15) is 34.0 Å². The predicted molar refractivity (Wildman–Crippen MR) is 90.4 cm³/mol. The summed E-state index contributed by atoms with van der Waals surface area (Å²) in [6.45, 7) is 0.693. The smallest absolute Gasteiger partial charge is 0.310 e. The summed E-state index contributed by atoms with van der Waals surface area (Å²) in [5.41, 5.74) is 0.0496. The predicted octanol–water partition coefficient (Wildman–Crippen LogP) is 3.15. The number of ketones is 1. The average molecular weight is 353 g/mol. The van der Waals surface area contributed by atoms with E-state index in [4.69, 9.17) is 14.7 Å². The third kappa shape index (κ3) is 3.72. The first-order valence-corrected chi connectivity index (χ1v) is 8.04. The molecule has 0 amide bonds. The van der Waals surface area contributed by atoms with Gasteiger partial charge in [0, 0.05) is 11.1 Å². The van der Waals surface area contributed by atoms with Gasteiger partial charge in [-0.05, 0) is 24.6 Å². The molecule has 0 saturated carbocycles. The minimum absolute atomic E-state index is 0.135. The Kier molecular flexibility index (Phi) is 4.72. The first kappa shape index (κ1) is 17.6. The third-order valence-corrected chi connectivity index (χ3v) is 4.02. The monoisotopic (exact) mass is 353 g/mol. The minimum Gasteiger partial charge on any atom is -0.488 e. The van der Waals surface area contributed by atoms with E-state index in [1.54, 1.807) is 30.3 Å². The Morgan fingerprint density at radius 2 is 2.08 bits per heavy atom. The van der Waals surface area contributed by atoms with Crippen LogP contribution >= 0.6 is 0 Å². The molecule has 0 N–H and O–H groups in total. The second kappa shape index (κ2) is 6.96. The summed E-state index contributed by atoms with van der Waals surface area (Å²) in [6.07, 6.45) is -0.135. The maximum absolute atomic E-state index is 13.5. The molecular formula is C20H16FNO4. The second-order valence-corrected chi connectivity index (χ2v) is 6.25. The molecule has 1 atom stereocenters. The number of rotatable bonds is 4. The lowest BCUT2D eigenvalue weighted by Gasteiger charge is -2.12. The van der Waals surface area contributed by atoms with Crippen molar-refractivity contribution < 1.29 is 23.5 Å². The Morgan fingerprint density at radius 1 is 1.31 bits per heavy atom. The molecule has 6 heteroatoms. The Morgan fingerprint density at radius 3 is 2.85 bits per heavy atom. The second-order valence-electron chi connectivity index (χ2n) is 6.25. The molecule has 26 heavy (non-hydrogen) atoms. The van der Waals surface area contributed by atoms with Crippen molar-refractivity contribution in [2.75, 3.05) is 6.61 Å². The van der Waals surface area contributed by atoms with Crippen LogP contribution in [0.25, 0.3) is 0 Å². The number of benzene rings is 2. The lowest BCUT2D eigenvalue weighted by atomic mass is 9.97. The molecule has 1 aliphatic rings. The molecule has 0 radical (unpaired) electrons. The molecule has 1 aliphatic heterocycles. The summed E-state index contributed by atoms with van der Waals surface area (Å²) in [4.78, 5) is 24.7. The van der Waals surface area contributed by atoms with E-state index in [1.807, 2.05) is 12.1 Å². The van der Waals surface area contributed by atoms with Crippen molar-refractivity contribution in [3.8, 4) is 11.8 Å². The number of hydrogen-bond acceptors (Lipinski definition) is 5. The molecule has 1 heterocycles. The number of fused-ring (bicyclic) bond motifs is 2. The minimum atomic E-state index is -2.23. The summed E-state index contributed by atoms with van der Waals surface area (Å²) < 4.78 is 24.0. The molecule has 5 nitrogen and oxygen atoms in total. The highest BCUT2D eigenvalue weighted by atomic mass is 19.1. The standard InChI is InChI=1S/C20H16FNO4/c1-20(21,11-22)12-26-18(23)9-13-6-7-17-16(8-13)19(24)15-5-3-2-4-14(15)10-25-17/h2-8H,9-10,12H2,1H3/t20-/m0/s1. The normalized spacial score (nSPS) is 14.7. The number of halogens is 1. The van der Waals surface area contributed by atoms with Crippen LogP contribution in [0.4, 0.5) is 4.39 Å². The van der Waals surface area contributed by atoms with Crippen LogP contribution in [0, 0.1) is 11.3 Å². The molecule has 0 saturated heterocycles. The number of esters is 1. The van der Waals surface area contributed by atoms with E-state index in [0.29, 0.717) is 29.0 Å². The molecule has 0 aliphatic carbocycles.